The minimum absolute atomic E-state index is 0.0144. The van der Waals surface area contributed by atoms with Gasteiger partial charge >= 0.3 is 0 Å². The predicted octanol–water partition coefficient (Wildman–Crippen LogP) is 3.36. The molecule has 156 valence electrons. The van der Waals surface area contributed by atoms with E-state index in [1.165, 1.54) is 4.31 Å². The Bertz CT molecular complexity index is 906. The van der Waals surface area contributed by atoms with Crippen LogP contribution in [0.3, 0.4) is 0 Å². The Hall–Kier alpha value is -2.38. The zero-order valence-corrected chi connectivity index (χ0v) is 17.7. The van der Waals surface area contributed by atoms with E-state index in [1.807, 2.05) is 44.2 Å². The van der Waals surface area contributed by atoms with Gasteiger partial charge in [-0.2, -0.15) is 4.31 Å². The summed E-state index contributed by atoms with van der Waals surface area (Å²) >= 11 is 0. The van der Waals surface area contributed by atoms with Crippen LogP contribution in [0.15, 0.2) is 59.5 Å². The number of piperidine rings is 1. The standard InChI is InChI=1S/C22H28N2O4S/c1-3-28-20-9-11-21(12-10-20)29(26,27)24-15-13-19(14-16-24)22(25)23-17(2)18-7-5-4-6-8-18/h4-12,17,19H,3,13-16H2,1-2H3,(H,23,25)/t17-/m0/s1. The Kier molecular flexibility index (Phi) is 6.92. The Morgan fingerprint density at radius 3 is 2.31 bits per heavy atom. The van der Waals surface area contributed by atoms with Crippen molar-refractivity contribution in [1.82, 2.24) is 9.62 Å². The number of nitrogens with one attached hydrogen (secondary N) is 1. The smallest absolute Gasteiger partial charge is 0.243 e. The second-order valence-electron chi connectivity index (χ2n) is 7.22. The van der Waals surface area contributed by atoms with Gasteiger partial charge in [-0.05, 0) is 56.5 Å². The van der Waals surface area contributed by atoms with E-state index in [-0.39, 0.29) is 22.8 Å². The molecular weight excluding hydrogens is 388 g/mol. The maximum absolute atomic E-state index is 12.9. The predicted molar refractivity (Wildman–Crippen MR) is 112 cm³/mol. The first-order valence-electron chi connectivity index (χ1n) is 10.00. The van der Waals surface area contributed by atoms with Crippen LogP contribution in [0.1, 0.15) is 38.3 Å². The topological polar surface area (TPSA) is 75.7 Å². The average Bonchev–Trinajstić information content (AvgIpc) is 2.75. The molecule has 1 aliphatic heterocycles. The van der Waals surface area contributed by atoms with Crippen molar-refractivity contribution >= 4 is 15.9 Å². The highest BCUT2D eigenvalue weighted by Crippen LogP contribution is 2.26. The molecule has 6 nitrogen and oxygen atoms in total. The third-order valence-electron chi connectivity index (χ3n) is 5.26. The number of amides is 1. The molecule has 1 heterocycles. The number of hydrogen-bond acceptors (Lipinski definition) is 4. The largest absolute Gasteiger partial charge is 0.494 e. The highest BCUT2D eigenvalue weighted by Gasteiger charge is 2.32. The van der Waals surface area contributed by atoms with Gasteiger partial charge in [-0.25, -0.2) is 8.42 Å². The number of sulfonamides is 1. The lowest BCUT2D eigenvalue weighted by Gasteiger charge is -2.31. The summed E-state index contributed by atoms with van der Waals surface area (Å²) in [5.41, 5.74) is 1.05. The molecule has 1 aliphatic rings. The summed E-state index contributed by atoms with van der Waals surface area (Å²) < 4.78 is 32.6. The van der Waals surface area contributed by atoms with Crippen molar-refractivity contribution < 1.29 is 17.9 Å². The van der Waals surface area contributed by atoms with Gasteiger partial charge in [0.05, 0.1) is 17.5 Å². The van der Waals surface area contributed by atoms with Crippen LogP contribution < -0.4 is 10.1 Å². The van der Waals surface area contributed by atoms with Crippen molar-refractivity contribution in [2.24, 2.45) is 5.92 Å². The number of benzene rings is 2. The van der Waals surface area contributed by atoms with Crippen molar-refractivity contribution in [1.29, 1.82) is 0 Å². The molecule has 29 heavy (non-hydrogen) atoms. The van der Waals surface area contributed by atoms with Crippen molar-refractivity contribution in [2.45, 2.75) is 37.6 Å². The highest BCUT2D eigenvalue weighted by atomic mass is 32.2. The molecule has 2 aromatic rings. The van der Waals surface area contributed by atoms with Gasteiger partial charge in [0.25, 0.3) is 0 Å². The lowest BCUT2D eigenvalue weighted by molar-refractivity contribution is -0.126. The van der Waals surface area contributed by atoms with E-state index in [4.69, 9.17) is 4.74 Å². The van der Waals surface area contributed by atoms with Gasteiger partial charge in [-0.1, -0.05) is 30.3 Å². The molecule has 0 saturated carbocycles. The van der Waals surface area contributed by atoms with Crippen LogP contribution in [0.4, 0.5) is 0 Å². The molecule has 3 rings (SSSR count). The minimum Gasteiger partial charge on any atom is -0.494 e. The molecular formula is C22H28N2O4S. The van der Waals surface area contributed by atoms with Crippen molar-refractivity contribution in [3.05, 3.63) is 60.2 Å². The normalized spacial score (nSPS) is 16.9. The monoisotopic (exact) mass is 416 g/mol. The molecule has 1 N–H and O–H groups in total. The first-order chi connectivity index (χ1) is 13.9. The molecule has 0 bridgehead atoms. The molecule has 0 aliphatic carbocycles. The molecule has 0 unspecified atom stereocenters. The Balaban J connectivity index is 1.57. The van der Waals surface area contributed by atoms with E-state index >= 15 is 0 Å². The molecule has 1 saturated heterocycles. The maximum Gasteiger partial charge on any atom is 0.243 e. The summed E-state index contributed by atoms with van der Waals surface area (Å²) in [5, 5.41) is 3.05. The summed E-state index contributed by atoms with van der Waals surface area (Å²) in [6.07, 6.45) is 1.03. The molecule has 1 fully saturated rings. The molecule has 0 aromatic heterocycles. The van der Waals surface area contributed by atoms with Crippen LogP contribution >= 0.6 is 0 Å². The van der Waals surface area contributed by atoms with Gasteiger partial charge in [0.15, 0.2) is 0 Å². The number of carbonyl (C=O) groups is 1. The quantitative estimate of drug-likeness (QED) is 0.751. The molecule has 0 spiro atoms. The second kappa shape index (κ2) is 9.41. The molecule has 1 atom stereocenters. The first kappa shape index (κ1) is 21.3. The van der Waals surface area contributed by atoms with Crippen LogP contribution in [0.2, 0.25) is 0 Å². The van der Waals surface area contributed by atoms with Gasteiger partial charge < -0.3 is 10.1 Å². The van der Waals surface area contributed by atoms with Crippen molar-refractivity contribution in [2.75, 3.05) is 19.7 Å². The molecule has 2 aromatic carbocycles. The number of nitrogens with zero attached hydrogens (tertiary/aromatic N) is 1. The minimum atomic E-state index is -3.56. The summed E-state index contributed by atoms with van der Waals surface area (Å²) in [5.74, 6) is 0.460. The fourth-order valence-corrected chi connectivity index (χ4v) is 5.01. The van der Waals surface area contributed by atoms with E-state index in [0.29, 0.717) is 38.3 Å². The fourth-order valence-electron chi connectivity index (χ4n) is 3.54. The van der Waals surface area contributed by atoms with Crippen LogP contribution in [0, 0.1) is 5.92 Å². The highest BCUT2D eigenvalue weighted by molar-refractivity contribution is 7.89. The van der Waals surface area contributed by atoms with Gasteiger partial charge in [-0.3, -0.25) is 4.79 Å². The zero-order valence-electron chi connectivity index (χ0n) is 16.9. The second-order valence-corrected chi connectivity index (χ2v) is 9.16. The van der Waals surface area contributed by atoms with Crippen molar-refractivity contribution in [3.8, 4) is 5.75 Å². The van der Waals surface area contributed by atoms with E-state index < -0.39 is 10.0 Å². The number of rotatable bonds is 7. The van der Waals surface area contributed by atoms with Crippen molar-refractivity contribution in [3.63, 3.8) is 0 Å². The average molecular weight is 417 g/mol. The van der Waals surface area contributed by atoms with Gasteiger partial charge in [0.2, 0.25) is 15.9 Å². The molecule has 0 radical (unpaired) electrons. The zero-order chi connectivity index (χ0) is 20.9. The van der Waals surface area contributed by atoms with Gasteiger partial charge in [0.1, 0.15) is 5.75 Å². The third kappa shape index (κ3) is 5.16. The van der Waals surface area contributed by atoms with E-state index in [0.717, 1.165) is 5.56 Å². The Morgan fingerprint density at radius 1 is 1.10 bits per heavy atom. The van der Waals surface area contributed by atoms with Gasteiger partial charge in [-0.15, -0.1) is 0 Å². The summed E-state index contributed by atoms with van der Waals surface area (Å²) in [6.45, 7) is 5.05. The summed E-state index contributed by atoms with van der Waals surface area (Å²) in [6, 6.07) is 16.2. The fraction of sp³-hybridized carbons (Fsp3) is 0.409. The van der Waals surface area contributed by atoms with Crippen LogP contribution in [0.5, 0.6) is 5.75 Å². The SMILES string of the molecule is CCOc1ccc(S(=O)(=O)N2CCC(C(=O)N[C@@H](C)c3ccccc3)CC2)cc1. The number of ether oxygens (including phenoxy) is 1. The lowest BCUT2D eigenvalue weighted by atomic mass is 9.96. The van der Waals surface area contributed by atoms with E-state index in [1.54, 1.807) is 24.3 Å². The van der Waals surface area contributed by atoms with E-state index in [2.05, 4.69) is 5.32 Å². The summed E-state index contributed by atoms with van der Waals surface area (Å²) in [7, 11) is -3.56. The van der Waals surface area contributed by atoms with Gasteiger partial charge in [0, 0.05) is 19.0 Å². The first-order valence-corrected chi connectivity index (χ1v) is 11.4. The lowest BCUT2D eigenvalue weighted by Crippen LogP contribution is -2.43. The molecule has 1 amide bonds. The maximum atomic E-state index is 12.9. The van der Waals surface area contributed by atoms with Crippen LogP contribution in [0.25, 0.3) is 0 Å². The number of carbonyl (C=O) groups excluding carboxylic acids is 1. The molecule has 7 heteroatoms. The Morgan fingerprint density at radius 2 is 1.72 bits per heavy atom. The Labute approximate surface area is 172 Å². The summed E-state index contributed by atoms with van der Waals surface area (Å²) in [4.78, 5) is 12.9. The third-order valence-corrected chi connectivity index (χ3v) is 7.17. The number of hydrogen-bond donors (Lipinski definition) is 1. The van der Waals surface area contributed by atoms with Crippen LogP contribution in [-0.4, -0.2) is 38.3 Å². The van der Waals surface area contributed by atoms with E-state index in [9.17, 15) is 13.2 Å². The van der Waals surface area contributed by atoms with Crippen LogP contribution in [-0.2, 0) is 14.8 Å².